The van der Waals surface area contributed by atoms with Gasteiger partial charge in [0.2, 0.25) is 0 Å². The highest BCUT2D eigenvalue weighted by atomic mass is 16.5. The fourth-order valence-electron chi connectivity index (χ4n) is 0.977. The summed E-state index contributed by atoms with van der Waals surface area (Å²) in [6, 6.07) is 0. The van der Waals surface area contributed by atoms with Crippen molar-refractivity contribution in [3.63, 3.8) is 0 Å². The molecule has 0 spiro atoms. The van der Waals surface area contributed by atoms with Crippen molar-refractivity contribution >= 4 is 11.8 Å². The molecule has 1 aromatic rings. The summed E-state index contributed by atoms with van der Waals surface area (Å²) in [5.41, 5.74) is 8.72. The number of hydrogen-bond donors (Lipinski definition) is 0. The van der Waals surface area contributed by atoms with Gasteiger partial charge in [0, 0.05) is 16.7 Å². The Hall–Kier alpha value is -2.14. The van der Waals surface area contributed by atoms with Crippen LogP contribution in [0.25, 0.3) is 10.4 Å². The zero-order chi connectivity index (χ0) is 11.1. The monoisotopic (exact) mass is 207 g/mol. The maximum absolute atomic E-state index is 11.2. The van der Waals surface area contributed by atoms with Crippen LogP contribution in [0, 0.1) is 0 Å². The number of carbonyl (C=O) groups is 1. The van der Waals surface area contributed by atoms with E-state index in [4.69, 9.17) is 10.3 Å². The smallest absolute Gasteiger partial charge is 0.310 e. The molecule has 0 aromatic carbocycles. The van der Waals surface area contributed by atoms with Crippen LogP contribution in [-0.4, -0.2) is 22.5 Å². The average Bonchev–Trinajstić information content (AvgIpc) is 2.21. The van der Waals surface area contributed by atoms with Crippen molar-refractivity contribution in [1.82, 2.24) is 9.97 Å². The minimum atomic E-state index is -0.401. The van der Waals surface area contributed by atoms with Crippen LogP contribution in [0.4, 0.5) is 5.82 Å². The number of esters is 1. The van der Waals surface area contributed by atoms with E-state index >= 15 is 0 Å². The molecule has 15 heavy (non-hydrogen) atoms. The molecule has 0 saturated carbocycles. The summed E-state index contributed by atoms with van der Waals surface area (Å²) in [6.45, 7) is 2.02. The third-order valence-corrected chi connectivity index (χ3v) is 1.54. The Morgan fingerprint density at radius 1 is 1.73 bits per heavy atom. The highest BCUT2D eigenvalue weighted by molar-refractivity contribution is 5.73. The van der Waals surface area contributed by atoms with E-state index in [-0.39, 0.29) is 12.2 Å². The maximum atomic E-state index is 11.2. The number of carbonyl (C=O) groups excluding carboxylic acids is 1. The predicted molar refractivity (Wildman–Crippen MR) is 51.2 cm³/mol. The molecule has 0 saturated heterocycles. The van der Waals surface area contributed by atoms with Crippen LogP contribution < -0.4 is 0 Å². The van der Waals surface area contributed by atoms with Crippen LogP contribution in [-0.2, 0) is 16.0 Å². The fraction of sp³-hybridized carbons (Fsp3) is 0.375. The Kier molecular flexibility index (Phi) is 4.05. The summed E-state index contributed by atoms with van der Waals surface area (Å²) in [5.74, 6) is -0.248. The Morgan fingerprint density at radius 2 is 2.53 bits per heavy atom. The van der Waals surface area contributed by atoms with E-state index in [1.54, 1.807) is 6.92 Å². The number of hydrogen-bond acceptors (Lipinski definition) is 5. The minimum Gasteiger partial charge on any atom is -0.466 e. The van der Waals surface area contributed by atoms with Gasteiger partial charge < -0.3 is 4.74 Å². The predicted octanol–water partition coefficient (Wildman–Crippen LogP) is 1.52. The van der Waals surface area contributed by atoms with Crippen LogP contribution >= 0.6 is 0 Å². The third-order valence-electron chi connectivity index (χ3n) is 1.54. The molecule has 7 heteroatoms. The van der Waals surface area contributed by atoms with Crippen LogP contribution in [0.2, 0.25) is 0 Å². The van der Waals surface area contributed by atoms with Crippen molar-refractivity contribution in [2.45, 2.75) is 13.3 Å². The van der Waals surface area contributed by atoms with Gasteiger partial charge in [0.05, 0.1) is 13.0 Å². The fourth-order valence-corrected chi connectivity index (χ4v) is 0.977. The Bertz CT molecular complexity index is 400. The first kappa shape index (κ1) is 10.9. The van der Waals surface area contributed by atoms with E-state index < -0.39 is 5.97 Å². The van der Waals surface area contributed by atoms with Gasteiger partial charge in [-0.25, -0.2) is 9.97 Å². The van der Waals surface area contributed by atoms with Crippen molar-refractivity contribution < 1.29 is 9.53 Å². The van der Waals surface area contributed by atoms with Gasteiger partial charge in [0.15, 0.2) is 0 Å². The number of ether oxygens (including phenoxy) is 1. The van der Waals surface area contributed by atoms with E-state index in [1.165, 1.54) is 12.5 Å². The highest BCUT2D eigenvalue weighted by Gasteiger charge is 2.08. The van der Waals surface area contributed by atoms with Gasteiger partial charge in [0.1, 0.15) is 12.1 Å². The average molecular weight is 207 g/mol. The van der Waals surface area contributed by atoms with Gasteiger partial charge >= 0.3 is 5.97 Å². The maximum Gasteiger partial charge on any atom is 0.310 e. The van der Waals surface area contributed by atoms with Crippen LogP contribution in [0.1, 0.15) is 12.5 Å². The largest absolute Gasteiger partial charge is 0.466 e. The topological polar surface area (TPSA) is 101 Å². The molecule has 1 aromatic heterocycles. The minimum absolute atomic E-state index is 0.00301. The van der Waals surface area contributed by atoms with Crippen molar-refractivity contribution in [3.05, 3.63) is 28.5 Å². The number of rotatable bonds is 4. The molecule has 0 bridgehead atoms. The van der Waals surface area contributed by atoms with Crippen LogP contribution in [0.15, 0.2) is 17.6 Å². The van der Waals surface area contributed by atoms with Crippen LogP contribution in [0.5, 0.6) is 0 Å². The number of aromatic nitrogens is 2. The number of azide groups is 1. The molecule has 7 nitrogen and oxygen atoms in total. The number of nitrogens with zero attached hydrogens (tertiary/aromatic N) is 5. The Morgan fingerprint density at radius 3 is 3.20 bits per heavy atom. The third kappa shape index (κ3) is 3.24. The molecule has 1 heterocycles. The summed E-state index contributed by atoms with van der Waals surface area (Å²) in [4.78, 5) is 21.2. The van der Waals surface area contributed by atoms with E-state index in [0.29, 0.717) is 12.2 Å². The molecule has 0 aliphatic carbocycles. The molecule has 0 atom stereocenters. The highest BCUT2D eigenvalue weighted by Crippen LogP contribution is 2.14. The quantitative estimate of drug-likeness (QED) is 0.323. The van der Waals surface area contributed by atoms with E-state index in [0.717, 1.165) is 0 Å². The van der Waals surface area contributed by atoms with E-state index in [1.807, 2.05) is 0 Å². The molecule has 0 N–H and O–H groups in total. The molecule has 78 valence electrons. The summed E-state index contributed by atoms with van der Waals surface area (Å²) in [7, 11) is 0. The summed E-state index contributed by atoms with van der Waals surface area (Å²) in [6.07, 6.45) is 2.68. The lowest BCUT2D eigenvalue weighted by molar-refractivity contribution is -0.142. The van der Waals surface area contributed by atoms with Gasteiger partial charge in [-0.05, 0) is 17.6 Å². The van der Waals surface area contributed by atoms with Crippen molar-refractivity contribution in [2.24, 2.45) is 5.11 Å². The van der Waals surface area contributed by atoms with Gasteiger partial charge in [0.25, 0.3) is 0 Å². The van der Waals surface area contributed by atoms with Gasteiger partial charge in [-0.2, -0.15) is 0 Å². The van der Waals surface area contributed by atoms with Crippen LogP contribution in [0.3, 0.4) is 0 Å². The first-order valence-corrected chi connectivity index (χ1v) is 4.27. The lowest BCUT2D eigenvalue weighted by Crippen LogP contribution is -2.08. The van der Waals surface area contributed by atoms with Gasteiger partial charge in [-0.15, -0.1) is 0 Å². The second kappa shape index (κ2) is 5.56. The van der Waals surface area contributed by atoms with E-state index in [2.05, 4.69) is 20.0 Å². The molecule has 0 radical (unpaired) electrons. The summed E-state index contributed by atoms with van der Waals surface area (Å²) in [5, 5.41) is 3.34. The normalized spacial score (nSPS) is 9.13. The molecular formula is C8H9N5O2. The molecular weight excluding hydrogens is 198 g/mol. The van der Waals surface area contributed by atoms with Gasteiger partial charge in [-0.3, -0.25) is 4.79 Å². The Labute approximate surface area is 85.7 Å². The molecule has 0 amide bonds. The molecule has 1 rings (SSSR count). The second-order valence-electron chi connectivity index (χ2n) is 2.54. The van der Waals surface area contributed by atoms with Crippen molar-refractivity contribution in [2.75, 3.05) is 6.61 Å². The Balaban J connectivity index is 2.84. The van der Waals surface area contributed by atoms with Crippen molar-refractivity contribution in [3.8, 4) is 0 Å². The molecule has 0 fully saturated rings. The van der Waals surface area contributed by atoms with E-state index in [9.17, 15) is 4.79 Å². The summed E-state index contributed by atoms with van der Waals surface area (Å²) < 4.78 is 4.75. The molecule has 0 aliphatic rings. The standard InChI is InChI=1S/C8H9N5O2/c1-2-15-7(14)3-6-4-10-5-11-8(6)12-13-9/h4-5H,2-3H2,1H3. The first-order chi connectivity index (χ1) is 7.27. The zero-order valence-corrected chi connectivity index (χ0v) is 8.12. The first-order valence-electron chi connectivity index (χ1n) is 4.27. The van der Waals surface area contributed by atoms with Gasteiger partial charge in [-0.1, -0.05) is 0 Å². The summed E-state index contributed by atoms with van der Waals surface area (Å²) >= 11 is 0. The van der Waals surface area contributed by atoms with Crippen molar-refractivity contribution in [1.29, 1.82) is 0 Å². The SMILES string of the molecule is CCOC(=O)Cc1cncnc1N=[N+]=[N-]. The second-order valence-corrected chi connectivity index (χ2v) is 2.54. The molecule has 0 aliphatic heterocycles. The lowest BCUT2D eigenvalue weighted by Gasteiger charge is -2.02. The molecule has 0 unspecified atom stereocenters. The zero-order valence-electron chi connectivity index (χ0n) is 8.12. The lowest BCUT2D eigenvalue weighted by atomic mass is 10.2.